The van der Waals surface area contributed by atoms with Crippen molar-refractivity contribution in [3.8, 4) is 11.5 Å². The van der Waals surface area contributed by atoms with E-state index in [1.165, 1.54) is 11.8 Å². The van der Waals surface area contributed by atoms with Crippen LogP contribution in [0.3, 0.4) is 0 Å². The van der Waals surface area contributed by atoms with E-state index in [0.29, 0.717) is 37.8 Å². The molecule has 1 heterocycles. The summed E-state index contributed by atoms with van der Waals surface area (Å²) in [6, 6.07) is 6.94. The molecule has 9 nitrogen and oxygen atoms in total. The molecule has 0 radical (unpaired) electrons. The van der Waals surface area contributed by atoms with Crippen molar-refractivity contribution in [3.63, 3.8) is 0 Å². The number of likely N-dealkylation sites (N-methyl/N-ethyl adjacent to an activating group) is 1. The number of hydrogen-bond acceptors (Lipinski definition) is 8. The highest BCUT2D eigenvalue weighted by Gasteiger charge is 2.29. The van der Waals surface area contributed by atoms with Crippen LogP contribution in [0.15, 0.2) is 24.3 Å². The second-order valence-corrected chi connectivity index (χ2v) is 7.53. The first-order valence-electron chi connectivity index (χ1n) is 10.6. The molecule has 1 saturated heterocycles. The van der Waals surface area contributed by atoms with Crippen molar-refractivity contribution in [2.45, 2.75) is 46.1 Å². The summed E-state index contributed by atoms with van der Waals surface area (Å²) in [4.78, 5) is 26.2. The van der Waals surface area contributed by atoms with Crippen LogP contribution in [0.25, 0.3) is 0 Å². The van der Waals surface area contributed by atoms with Crippen molar-refractivity contribution >= 4 is 12.1 Å². The third-order valence-corrected chi connectivity index (χ3v) is 4.75. The van der Waals surface area contributed by atoms with Crippen LogP contribution in [0.5, 0.6) is 11.5 Å². The number of hydrogen-bond donors (Lipinski definition) is 1. The van der Waals surface area contributed by atoms with Crippen molar-refractivity contribution in [1.82, 2.24) is 10.2 Å². The van der Waals surface area contributed by atoms with Gasteiger partial charge in [0.2, 0.25) is 6.29 Å². The fraction of sp³-hybridized carbons (Fsp3) is 0.636. The van der Waals surface area contributed by atoms with Gasteiger partial charge >= 0.3 is 12.1 Å². The number of ether oxygens (including phenoxy) is 5. The minimum Gasteiger partial charge on any atom is -0.490 e. The van der Waals surface area contributed by atoms with Gasteiger partial charge in [0.25, 0.3) is 0 Å². The van der Waals surface area contributed by atoms with Crippen LogP contribution in [0.4, 0.5) is 4.79 Å². The van der Waals surface area contributed by atoms with E-state index >= 15 is 0 Å². The van der Waals surface area contributed by atoms with E-state index in [4.69, 9.17) is 23.7 Å². The quantitative estimate of drug-likeness (QED) is 0.440. The number of nitrogens with one attached hydrogen (secondary N) is 1. The molecular formula is C22H34N2O7. The Morgan fingerprint density at radius 1 is 1.16 bits per heavy atom. The lowest BCUT2D eigenvalue weighted by Crippen LogP contribution is -2.49. The van der Waals surface area contributed by atoms with Crippen LogP contribution in [0.1, 0.15) is 27.7 Å². The highest BCUT2D eigenvalue weighted by atomic mass is 16.7. The Bertz CT molecular complexity index is 713. The first-order chi connectivity index (χ1) is 14.8. The molecule has 0 saturated carbocycles. The van der Waals surface area contributed by atoms with E-state index in [1.54, 1.807) is 7.05 Å². The van der Waals surface area contributed by atoms with Crippen LogP contribution in [0.2, 0.25) is 0 Å². The van der Waals surface area contributed by atoms with Gasteiger partial charge in [-0.1, -0.05) is 26.0 Å². The van der Waals surface area contributed by atoms with Crippen LogP contribution < -0.4 is 14.8 Å². The minimum absolute atomic E-state index is 0.0493. The summed E-state index contributed by atoms with van der Waals surface area (Å²) in [6.07, 6.45) is -1.87. The van der Waals surface area contributed by atoms with Crippen LogP contribution in [-0.4, -0.2) is 75.4 Å². The van der Waals surface area contributed by atoms with Gasteiger partial charge in [-0.05, 0) is 32.0 Å². The predicted octanol–water partition coefficient (Wildman–Crippen LogP) is 2.43. The molecule has 174 valence electrons. The van der Waals surface area contributed by atoms with Gasteiger partial charge in [-0.3, -0.25) is 4.79 Å². The Hall–Kier alpha value is -2.52. The Labute approximate surface area is 183 Å². The number of morpholine rings is 1. The Kier molecular flexibility index (Phi) is 9.87. The lowest BCUT2D eigenvalue weighted by molar-refractivity contribution is -0.170. The van der Waals surface area contributed by atoms with Gasteiger partial charge < -0.3 is 33.9 Å². The molecule has 0 spiro atoms. The summed E-state index contributed by atoms with van der Waals surface area (Å²) in [5.74, 6) is 0.874. The molecule has 0 aliphatic carbocycles. The zero-order chi connectivity index (χ0) is 22.8. The standard InChI is InChI=1S/C22H34N2O7/c1-6-27-18-9-7-8-10-19(18)29-14-17-13-24(11-12-28-17)22(26)31-16(4)30-21(25)20(23-5)15(2)3/h7-10,15-17,20,23H,6,11-14H2,1-5H3. The van der Waals surface area contributed by atoms with Crippen LogP contribution >= 0.6 is 0 Å². The molecule has 2 rings (SSSR count). The second kappa shape index (κ2) is 12.4. The first-order valence-corrected chi connectivity index (χ1v) is 10.6. The predicted molar refractivity (Wildman–Crippen MR) is 114 cm³/mol. The van der Waals surface area contributed by atoms with Gasteiger partial charge in [-0.25, -0.2) is 4.79 Å². The van der Waals surface area contributed by atoms with Crippen molar-refractivity contribution in [3.05, 3.63) is 24.3 Å². The van der Waals surface area contributed by atoms with Gasteiger partial charge in [0.15, 0.2) is 11.5 Å². The maximum atomic E-state index is 12.5. The average Bonchev–Trinajstić information content (AvgIpc) is 2.73. The van der Waals surface area contributed by atoms with E-state index in [0.717, 1.165) is 0 Å². The Morgan fingerprint density at radius 2 is 1.84 bits per heavy atom. The fourth-order valence-corrected chi connectivity index (χ4v) is 3.21. The molecule has 1 aromatic rings. The molecule has 1 aliphatic rings. The van der Waals surface area contributed by atoms with E-state index in [1.807, 2.05) is 45.0 Å². The molecule has 1 fully saturated rings. The van der Waals surface area contributed by atoms with Gasteiger partial charge in [0.1, 0.15) is 18.8 Å². The molecular weight excluding hydrogens is 404 g/mol. The maximum absolute atomic E-state index is 12.5. The third-order valence-electron chi connectivity index (χ3n) is 4.75. The zero-order valence-corrected chi connectivity index (χ0v) is 19.0. The summed E-state index contributed by atoms with van der Waals surface area (Å²) in [5, 5.41) is 2.90. The minimum atomic E-state index is -0.995. The molecule has 3 unspecified atom stereocenters. The van der Waals surface area contributed by atoms with Crippen molar-refractivity contribution < 1.29 is 33.3 Å². The Balaban J connectivity index is 1.83. The fourth-order valence-electron chi connectivity index (χ4n) is 3.21. The number of carbonyl (C=O) groups is 2. The van der Waals surface area contributed by atoms with Crippen LogP contribution in [0, 0.1) is 5.92 Å². The highest BCUT2D eigenvalue weighted by Crippen LogP contribution is 2.26. The van der Waals surface area contributed by atoms with E-state index in [2.05, 4.69) is 5.32 Å². The first kappa shape index (κ1) is 24.7. The number of amides is 1. The van der Waals surface area contributed by atoms with Gasteiger partial charge in [-0.2, -0.15) is 0 Å². The summed E-state index contributed by atoms with van der Waals surface area (Å²) >= 11 is 0. The lowest BCUT2D eigenvalue weighted by Gasteiger charge is -2.33. The normalized spacial score (nSPS) is 18.3. The topological polar surface area (TPSA) is 95.6 Å². The van der Waals surface area contributed by atoms with Gasteiger partial charge in [-0.15, -0.1) is 0 Å². The molecule has 0 bridgehead atoms. The highest BCUT2D eigenvalue weighted by molar-refractivity contribution is 5.76. The lowest BCUT2D eigenvalue weighted by atomic mass is 10.1. The number of carbonyl (C=O) groups excluding carboxylic acids is 2. The number of benzene rings is 1. The zero-order valence-electron chi connectivity index (χ0n) is 19.0. The summed E-state index contributed by atoms with van der Waals surface area (Å²) in [7, 11) is 1.69. The third kappa shape index (κ3) is 7.59. The molecule has 31 heavy (non-hydrogen) atoms. The summed E-state index contributed by atoms with van der Waals surface area (Å²) < 4.78 is 27.7. The number of nitrogens with zero attached hydrogens (tertiary/aromatic N) is 1. The number of para-hydroxylation sites is 2. The van der Waals surface area contributed by atoms with Crippen LogP contribution in [-0.2, 0) is 19.0 Å². The van der Waals surface area contributed by atoms with Crippen molar-refractivity contribution in [2.75, 3.05) is 40.0 Å². The molecule has 0 aromatic heterocycles. The molecule has 1 N–H and O–H groups in total. The summed E-state index contributed by atoms with van der Waals surface area (Å²) in [5.41, 5.74) is 0. The molecule has 1 amide bonds. The van der Waals surface area contributed by atoms with Gasteiger partial charge in [0, 0.05) is 13.5 Å². The second-order valence-electron chi connectivity index (χ2n) is 7.53. The number of esters is 1. The average molecular weight is 439 g/mol. The van der Waals surface area contributed by atoms with E-state index in [9.17, 15) is 9.59 Å². The van der Waals surface area contributed by atoms with E-state index < -0.39 is 24.4 Å². The molecule has 3 atom stereocenters. The summed E-state index contributed by atoms with van der Waals surface area (Å²) in [6.45, 7) is 9.09. The van der Waals surface area contributed by atoms with E-state index in [-0.39, 0.29) is 18.6 Å². The largest absolute Gasteiger partial charge is 0.490 e. The molecule has 9 heteroatoms. The smallest absolute Gasteiger partial charge is 0.413 e. The Morgan fingerprint density at radius 3 is 2.45 bits per heavy atom. The SMILES string of the molecule is CCOc1ccccc1OCC1CN(C(=O)OC(C)OC(=O)C(NC)C(C)C)CCO1. The van der Waals surface area contributed by atoms with Crippen molar-refractivity contribution in [2.24, 2.45) is 5.92 Å². The number of rotatable bonds is 10. The maximum Gasteiger partial charge on any atom is 0.413 e. The molecule has 1 aliphatic heterocycles. The molecule has 1 aromatic carbocycles. The van der Waals surface area contributed by atoms with Crippen molar-refractivity contribution in [1.29, 1.82) is 0 Å². The monoisotopic (exact) mass is 438 g/mol. The van der Waals surface area contributed by atoms with Gasteiger partial charge in [0.05, 0.1) is 19.8 Å².